The average molecular weight is 1250 g/mol. The maximum atomic E-state index is 13.0. The topological polar surface area (TPSA) is 155 Å². The first-order chi connectivity index (χ1) is 43.7. The third-order valence-corrected chi connectivity index (χ3v) is 16.9. The van der Waals surface area contributed by atoms with Crippen molar-refractivity contribution in [3.8, 4) is 0 Å². The number of carbonyl (C=O) groups excluding carboxylic acids is 5. The number of allylic oxidation sites excluding steroid dienone is 8. The highest BCUT2D eigenvalue weighted by atomic mass is 16.6. The molecular formula is C78H141NO10. The number of hydrogen-bond acceptors (Lipinski definition) is 10. The van der Waals surface area contributed by atoms with Gasteiger partial charge in [-0.2, -0.15) is 0 Å². The highest BCUT2D eigenvalue weighted by molar-refractivity contribution is 5.76. The van der Waals surface area contributed by atoms with Crippen molar-refractivity contribution in [3.63, 3.8) is 0 Å². The van der Waals surface area contributed by atoms with E-state index in [4.69, 9.17) is 18.9 Å². The molecule has 2 N–H and O–H groups in total. The predicted octanol–water partition coefficient (Wildman–Crippen LogP) is 22.1. The third kappa shape index (κ3) is 68.5. The van der Waals surface area contributed by atoms with Gasteiger partial charge in [-0.15, -0.1) is 0 Å². The summed E-state index contributed by atoms with van der Waals surface area (Å²) in [5.74, 6) is -1.30. The average Bonchev–Trinajstić information content (AvgIpc) is 3.57. The minimum absolute atomic E-state index is 0.0461. The summed E-state index contributed by atoms with van der Waals surface area (Å²) in [6, 6.07) is 0. The Bertz CT molecular complexity index is 1690. The molecule has 0 saturated heterocycles. The van der Waals surface area contributed by atoms with Crippen LogP contribution in [0.1, 0.15) is 380 Å². The molecule has 0 radical (unpaired) electrons. The number of hydrogen-bond donors (Lipinski definition) is 2. The van der Waals surface area contributed by atoms with E-state index in [1.54, 1.807) is 0 Å². The van der Waals surface area contributed by atoms with Gasteiger partial charge in [-0.05, 0) is 96.3 Å². The molecular weight excluding hydrogens is 1110 g/mol. The summed E-state index contributed by atoms with van der Waals surface area (Å²) >= 11 is 0. The largest absolute Gasteiger partial charge is 0.462 e. The standard InChI is InChI=1S/C78H141NO10/c1-4-7-10-13-16-19-22-25-28-33-38-43-48-53-58-63-74(81)79-68-72(88-77(84)66-61-56-51-46-41-36-29-26-23-20-17-14-11-8-5-2)70-86-75(82)64-59-54-49-44-39-34-31-32-35-40-45-50-55-60-65-76(83)87-71-73(69-80)89-78(85)67-62-57-52-47-42-37-30-27-24-21-18-15-12-9-6-3/h17-18,20-21,26-27,29-30,72-73,80H,4-16,19,22-25,28,31-71H2,1-3H3,(H,79,81). The quantitative estimate of drug-likeness (QED) is 0.0260. The molecule has 0 saturated carbocycles. The molecule has 518 valence electrons. The minimum atomic E-state index is -0.817. The fourth-order valence-corrected chi connectivity index (χ4v) is 11.1. The number of aliphatic hydroxyl groups excluding tert-OH is 1. The second-order valence-electron chi connectivity index (χ2n) is 25.7. The lowest BCUT2D eigenvalue weighted by atomic mass is 10.0. The van der Waals surface area contributed by atoms with Crippen LogP contribution in [-0.4, -0.2) is 73.5 Å². The van der Waals surface area contributed by atoms with E-state index in [0.717, 1.165) is 161 Å². The Morgan fingerprint density at radius 1 is 0.303 bits per heavy atom. The molecule has 0 aliphatic carbocycles. The number of aliphatic hydroxyl groups is 1. The first-order valence-corrected chi connectivity index (χ1v) is 37.9. The van der Waals surface area contributed by atoms with Crippen molar-refractivity contribution in [2.45, 2.75) is 393 Å². The van der Waals surface area contributed by atoms with Gasteiger partial charge in [0, 0.05) is 32.1 Å². The lowest BCUT2D eigenvalue weighted by Gasteiger charge is -2.19. The van der Waals surface area contributed by atoms with Gasteiger partial charge in [0.15, 0.2) is 12.2 Å². The second-order valence-corrected chi connectivity index (χ2v) is 25.7. The number of rotatable bonds is 70. The molecule has 11 heteroatoms. The molecule has 0 aromatic rings. The second kappa shape index (κ2) is 71.7. The van der Waals surface area contributed by atoms with E-state index in [1.807, 2.05) is 0 Å². The van der Waals surface area contributed by atoms with Crippen LogP contribution in [0.4, 0.5) is 0 Å². The van der Waals surface area contributed by atoms with E-state index in [0.29, 0.717) is 32.1 Å². The number of amides is 1. The molecule has 1 amide bonds. The first-order valence-electron chi connectivity index (χ1n) is 37.9. The van der Waals surface area contributed by atoms with E-state index in [2.05, 4.69) is 74.7 Å². The maximum Gasteiger partial charge on any atom is 0.306 e. The predicted molar refractivity (Wildman–Crippen MR) is 374 cm³/mol. The van der Waals surface area contributed by atoms with Gasteiger partial charge in [-0.3, -0.25) is 24.0 Å². The zero-order valence-corrected chi connectivity index (χ0v) is 58.3. The van der Waals surface area contributed by atoms with Gasteiger partial charge in [-0.25, -0.2) is 0 Å². The van der Waals surface area contributed by atoms with Gasteiger partial charge in [0.05, 0.1) is 13.2 Å². The molecule has 0 heterocycles. The summed E-state index contributed by atoms with van der Waals surface area (Å²) in [4.78, 5) is 63.2. The summed E-state index contributed by atoms with van der Waals surface area (Å²) in [7, 11) is 0. The highest BCUT2D eigenvalue weighted by Gasteiger charge is 2.19. The third-order valence-electron chi connectivity index (χ3n) is 16.9. The van der Waals surface area contributed by atoms with Gasteiger partial charge in [-0.1, -0.05) is 301 Å². The van der Waals surface area contributed by atoms with Crippen molar-refractivity contribution in [2.24, 2.45) is 0 Å². The van der Waals surface area contributed by atoms with Crippen molar-refractivity contribution in [1.29, 1.82) is 0 Å². The molecule has 0 aromatic heterocycles. The lowest BCUT2D eigenvalue weighted by molar-refractivity contribution is -0.161. The van der Waals surface area contributed by atoms with Crippen molar-refractivity contribution in [1.82, 2.24) is 5.32 Å². The number of esters is 4. The van der Waals surface area contributed by atoms with Crippen LogP contribution in [0.2, 0.25) is 0 Å². The summed E-state index contributed by atoms with van der Waals surface area (Å²) < 4.78 is 22.1. The normalized spacial score (nSPS) is 12.4. The van der Waals surface area contributed by atoms with Gasteiger partial charge < -0.3 is 29.4 Å². The molecule has 2 atom stereocenters. The fourth-order valence-electron chi connectivity index (χ4n) is 11.1. The van der Waals surface area contributed by atoms with Gasteiger partial charge in [0.1, 0.15) is 13.2 Å². The molecule has 11 nitrogen and oxygen atoms in total. The Morgan fingerprint density at radius 3 is 0.876 bits per heavy atom. The van der Waals surface area contributed by atoms with Crippen LogP contribution < -0.4 is 5.32 Å². The van der Waals surface area contributed by atoms with E-state index in [1.165, 1.54) is 167 Å². The van der Waals surface area contributed by atoms with Crippen LogP contribution in [0.25, 0.3) is 0 Å². The number of unbranched alkanes of at least 4 members (excludes halogenated alkanes) is 43. The molecule has 0 aromatic carbocycles. The van der Waals surface area contributed by atoms with Gasteiger partial charge in [0.2, 0.25) is 5.91 Å². The summed E-state index contributed by atoms with van der Waals surface area (Å²) in [5, 5.41) is 12.6. The Labute approximate surface area is 548 Å². The lowest BCUT2D eigenvalue weighted by Crippen LogP contribution is -2.38. The Balaban J connectivity index is 4.22. The maximum absolute atomic E-state index is 13.0. The molecule has 0 aliphatic rings. The van der Waals surface area contributed by atoms with E-state index < -0.39 is 12.2 Å². The van der Waals surface area contributed by atoms with Crippen molar-refractivity contribution < 1.29 is 48.0 Å². The van der Waals surface area contributed by atoms with Crippen LogP contribution >= 0.6 is 0 Å². The molecule has 0 spiro atoms. The van der Waals surface area contributed by atoms with Crippen molar-refractivity contribution >= 4 is 29.8 Å². The van der Waals surface area contributed by atoms with Crippen molar-refractivity contribution in [3.05, 3.63) is 48.6 Å². The molecule has 89 heavy (non-hydrogen) atoms. The van der Waals surface area contributed by atoms with E-state index >= 15 is 0 Å². The number of nitrogens with one attached hydrogen (secondary N) is 1. The SMILES string of the molecule is CCCCCC=CCC=CCCCCCCCC(=O)OC(CO)COC(=O)CCCCCCCCCCCCCCCCC(=O)OCC(CNC(=O)CCCCCCCCCCCCCCCCC)OC(=O)CCCCCCCC=CCC=CCCCCC. The highest BCUT2D eigenvalue weighted by Crippen LogP contribution is 2.18. The van der Waals surface area contributed by atoms with E-state index in [9.17, 15) is 29.1 Å². The Hall–Kier alpha value is -3.73. The Kier molecular flexibility index (Phi) is 68.7. The zero-order valence-electron chi connectivity index (χ0n) is 58.3. The van der Waals surface area contributed by atoms with Gasteiger partial charge >= 0.3 is 23.9 Å². The molecule has 0 aliphatic heterocycles. The van der Waals surface area contributed by atoms with Crippen LogP contribution in [0.15, 0.2) is 48.6 Å². The molecule has 0 rings (SSSR count). The van der Waals surface area contributed by atoms with Crippen LogP contribution in [0.3, 0.4) is 0 Å². The summed E-state index contributed by atoms with van der Waals surface area (Å²) in [6.07, 6.45) is 77.4. The smallest absolute Gasteiger partial charge is 0.306 e. The summed E-state index contributed by atoms with van der Waals surface area (Å²) in [6.45, 7) is 6.37. The fraction of sp³-hybridized carbons (Fsp3) is 0.833. The molecule has 0 fully saturated rings. The zero-order chi connectivity index (χ0) is 64.7. The van der Waals surface area contributed by atoms with Crippen molar-refractivity contribution in [2.75, 3.05) is 26.4 Å². The van der Waals surface area contributed by atoms with Crippen LogP contribution in [0.5, 0.6) is 0 Å². The van der Waals surface area contributed by atoms with Crippen LogP contribution in [0, 0.1) is 0 Å². The molecule has 2 unspecified atom stereocenters. The van der Waals surface area contributed by atoms with Gasteiger partial charge in [0.25, 0.3) is 0 Å². The Morgan fingerprint density at radius 2 is 0.551 bits per heavy atom. The molecule has 0 bridgehead atoms. The summed E-state index contributed by atoms with van der Waals surface area (Å²) in [5.41, 5.74) is 0. The number of ether oxygens (including phenoxy) is 4. The van der Waals surface area contributed by atoms with Crippen LogP contribution in [-0.2, 0) is 42.9 Å². The minimum Gasteiger partial charge on any atom is -0.462 e. The monoisotopic (exact) mass is 1250 g/mol. The van der Waals surface area contributed by atoms with E-state index in [-0.39, 0.29) is 56.1 Å². The number of carbonyl (C=O) groups is 5. The first kappa shape index (κ1) is 85.3.